The lowest BCUT2D eigenvalue weighted by Crippen LogP contribution is -2.28. The van der Waals surface area contributed by atoms with Gasteiger partial charge in [-0.05, 0) is 38.3 Å². The fourth-order valence-electron chi connectivity index (χ4n) is 1.35. The summed E-state index contributed by atoms with van der Waals surface area (Å²) in [5.74, 6) is 0.788. The second-order valence-corrected chi connectivity index (χ2v) is 2.71. The molecule has 0 unspecified atom stereocenters. The number of aliphatic hydroxyl groups is 1. The monoisotopic (exact) mass is 189 g/mol. The molecule has 1 aliphatic heterocycles. The van der Waals surface area contributed by atoms with Crippen molar-refractivity contribution in [1.29, 1.82) is 0 Å². The summed E-state index contributed by atoms with van der Waals surface area (Å²) in [4.78, 5) is 0. The molecule has 13 heavy (non-hydrogen) atoms. The van der Waals surface area contributed by atoms with Gasteiger partial charge in [0.15, 0.2) is 0 Å². The van der Waals surface area contributed by atoms with Crippen molar-refractivity contribution in [1.82, 2.24) is 5.32 Å². The summed E-state index contributed by atoms with van der Waals surface area (Å²) in [7, 11) is 0. The third-order valence-electron chi connectivity index (χ3n) is 2.00. The van der Waals surface area contributed by atoms with Gasteiger partial charge in [-0.2, -0.15) is 0 Å². The average Bonchev–Trinajstić information content (AvgIpc) is 2.26. The molecule has 0 amide bonds. The highest BCUT2D eigenvalue weighted by Crippen LogP contribution is 2.14. The molecule has 1 saturated heterocycles. The van der Waals surface area contributed by atoms with E-state index in [1.807, 2.05) is 27.7 Å². The third-order valence-corrected chi connectivity index (χ3v) is 2.00. The summed E-state index contributed by atoms with van der Waals surface area (Å²) in [5, 5.41) is 11.9. The van der Waals surface area contributed by atoms with Gasteiger partial charge < -0.3 is 10.4 Å². The first kappa shape index (κ1) is 15.4. The van der Waals surface area contributed by atoms with Gasteiger partial charge in [0.25, 0.3) is 0 Å². The van der Waals surface area contributed by atoms with E-state index in [0.717, 1.165) is 25.4 Å². The lowest BCUT2D eigenvalue weighted by molar-refractivity contribution is 0.235. The van der Waals surface area contributed by atoms with Gasteiger partial charge >= 0.3 is 0 Å². The molecule has 0 saturated carbocycles. The van der Waals surface area contributed by atoms with E-state index in [-0.39, 0.29) is 0 Å². The van der Waals surface area contributed by atoms with Gasteiger partial charge in [0.1, 0.15) is 0 Å². The van der Waals surface area contributed by atoms with Gasteiger partial charge in [-0.25, -0.2) is 0 Å². The van der Waals surface area contributed by atoms with Gasteiger partial charge in [-0.15, -0.1) is 0 Å². The Morgan fingerprint density at radius 2 is 1.54 bits per heavy atom. The van der Waals surface area contributed by atoms with E-state index >= 15 is 0 Å². The number of hydrogen-bond donors (Lipinski definition) is 2. The van der Waals surface area contributed by atoms with Crippen molar-refractivity contribution in [3.05, 3.63) is 0 Å². The number of rotatable bonds is 2. The van der Waals surface area contributed by atoms with Gasteiger partial charge in [0.2, 0.25) is 0 Å². The van der Waals surface area contributed by atoms with E-state index < -0.39 is 0 Å². The molecule has 1 aliphatic rings. The number of hydrogen-bond acceptors (Lipinski definition) is 2. The highest BCUT2D eigenvalue weighted by molar-refractivity contribution is 4.67. The van der Waals surface area contributed by atoms with Crippen molar-refractivity contribution in [3.63, 3.8) is 0 Å². The molecule has 0 aliphatic carbocycles. The quantitative estimate of drug-likeness (QED) is 0.699. The van der Waals surface area contributed by atoms with E-state index in [1.165, 1.54) is 12.8 Å². The standard InChI is InChI=1S/C7H15NO.2C2H6/c9-6-3-7-1-4-8-5-2-7;2*1-2/h7-9H,1-6H2;2*1-2H3. The number of aliphatic hydroxyl groups excluding tert-OH is 1. The van der Waals surface area contributed by atoms with E-state index in [0.29, 0.717) is 6.61 Å². The zero-order valence-electron chi connectivity index (χ0n) is 9.77. The maximum atomic E-state index is 8.60. The zero-order chi connectivity index (χ0) is 10.5. The van der Waals surface area contributed by atoms with Crippen molar-refractivity contribution in [2.75, 3.05) is 19.7 Å². The minimum Gasteiger partial charge on any atom is -0.396 e. The zero-order valence-corrected chi connectivity index (χ0v) is 9.77. The van der Waals surface area contributed by atoms with Crippen molar-refractivity contribution in [3.8, 4) is 0 Å². The molecule has 1 fully saturated rings. The first-order chi connectivity index (χ1) is 6.43. The Morgan fingerprint density at radius 3 is 1.92 bits per heavy atom. The fourth-order valence-corrected chi connectivity index (χ4v) is 1.35. The van der Waals surface area contributed by atoms with Crippen LogP contribution in [0.1, 0.15) is 47.0 Å². The van der Waals surface area contributed by atoms with Crippen LogP contribution in [0.4, 0.5) is 0 Å². The molecule has 2 N–H and O–H groups in total. The van der Waals surface area contributed by atoms with Gasteiger partial charge in [-0.1, -0.05) is 27.7 Å². The second kappa shape index (κ2) is 14.4. The Kier molecular flexibility index (Phi) is 17.1. The summed E-state index contributed by atoms with van der Waals surface area (Å²) in [6.45, 7) is 10.7. The third kappa shape index (κ3) is 9.84. The van der Waals surface area contributed by atoms with Crippen LogP contribution in [-0.4, -0.2) is 24.8 Å². The Morgan fingerprint density at radius 1 is 1.08 bits per heavy atom. The Balaban J connectivity index is 0. The molecule has 82 valence electrons. The van der Waals surface area contributed by atoms with Crippen molar-refractivity contribution >= 4 is 0 Å². The van der Waals surface area contributed by atoms with Crippen molar-refractivity contribution < 1.29 is 5.11 Å². The fraction of sp³-hybridized carbons (Fsp3) is 1.00. The Bertz CT molecular complexity index is 67.7. The molecular formula is C11H27NO. The molecular weight excluding hydrogens is 162 g/mol. The average molecular weight is 189 g/mol. The lowest BCUT2D eigenvalue weighted by Gasteiger charge is -2.21. The summed E-state index contributed by atoms with van der Waals surface area (Å²) in [6.07, 6.45) is 3.50. The molecule has 0 bridgehead atoms. The molecule has 0 atom stereocenters. The minimum atomic E-state index is 0.366. The topological polar surface area (TPSA) is 32.3 Å². The van der Waals surface area contributed by atoms with Gasteiger partial charge in [-0.3, -0.25) is 0 Å². The number of piperidine rings is 1. The van der Waals surface area contributed by atoms with E-state index in [2.05, 4.69) is 5.32 Å². The summed E-state index contributed by atoms with van der Waals surface area (Å²) in [5.41, 5.74) is 0. The SMILES string of the molecule is CC.CC.OCCC1CCNCC1. The molecule has 2 heteroatoms. The molecule has 1 heterocycles. The number of nitrogens with one attached hydrogen (secondary N) is 1. The van der Waals surface area contributed by atoms with E-state index in [9.17, 15) is 0 Å². The summed E-state index contributed by atoms with van der Waals surface area (Å²) >= 11 is 0. The van der Waals surface area contributed by atoms with Crippen LogP contribution in [0.5, 0.6) is 0 Å². The van der Waals surface area contributed by atoms with Crippen molar-refractivity contribution in [2.24, 2.45) is 5.92 Å². The maximum absolute atomic E-state index is 8.60. The smallest absolute Gasteiger partial charge is 0.0433 e. The van der Waals surface area contributed by atoms with Crippen LogP contribution in [0.3, 0.4) is 0 Å². The summed E-state index contributed by atoms with van der Waals surface area (Å²) < 4.78 is 0. The first-order valence-electron chi connectivity index (χ1n) is 5.75. The van der Waals surface area contributed by atoms with Crippen LogP contribution in [0.15, 0.2) is 0 Å². The van der Waals surface area contributed by atoms with Crippen molar-refractivity contribution in [2.45, 2.75) is 47.0 Å². The molecule has 0 aromatic carbocycles. The second-order valence-electron chi connectivity index (χ2n) is 2.71. The molecule has 0 spiro atoms. The maximum Gasteiger partial charge on any atom is 0.0433 e. The largest absolute Gasteiger partial charge is 0.396 e. The predicted octanol–water partition coefficient (Wildman–Crippen LogP) is 2.42. The van der Waals surface area contributed by atoms with E-state index in [1.54, 1.807) is 0 Å². The highest BCUT2D eigenvalue weighted by atomic mass is 16.3. The molecule has 1 rings (SSSR count). The first-order valence-corrected chi connectivity index (χ1v) is 5.75. The molecule has 0 aromatic heterocycles. The predicted molar refractivity (Wildman–Crippen MR) is 60.0 cm³/mol. The van der Waals surface area contributed by atoms with Crippen LogP contribution in [-0.2, 0) is 0 Å². The molecule has 0 radical (unpaired) electrons. The van der Waals surface area contributed by atoms with Crippen LogP contribution in [0, 0.1) is 5.92 Å². The van der Waals surface area contributed by atoms with Crippen LogP contribution >= 0.6 is 0 Å². The highest BCUT2D eigenvalue weighted by Gasteiger charge is 2.10. The van der Waals surface area contributed by atoms with Gasteiger partial charge in [0, 0.05) is 6.61 Å². The van der Waals surface area contributed by atoms with Gasteiger partial charge in [0.05, 0.1) is 0 Å². The van der Waals surface area contributed by atoms with Crippen LogP contribution in [0.2, 0.25) is 0 Å². The minimum absolute atomic E-state index is 0.366. The summed E-state index contributed by atoms with van der Waals surface area (Å²) in [6, 6.07) is 0. The van der Waals surface area contributed by atoms with Crippen LogP contribution in [0.25, 0.3) is 0 Å². The Labute approximate surface area is 83.7 Å². The lowest BCUT2D eigenvalue weighted by atomic mass is 9.95. The normalized spacial score (nSPS) is 16.4. The Hall–Kier alpha value is -0.0800. The van der Waals surface area contributed by atoms with E-state index in [4.69, 9.17) is 5.11 Å². The van der Waals surface area contributed by atoms with Crippen LogP contribution < -0.4 is 5.32 Å². The molecule has 0 aromatic rings. The molecule has 2 nitrogen and oxygen atoms in total.